The molecule has 11 nitrogen and oxygen atoms in total. The minimum atomic E-state index is -1.40. The van der Waals surface area contributed by atoms with E-state index in [0.717, 1.165) is 86.7 Å². The van der Waals surface area contributed by atoms with Crippen molar-refractivity contribution in [1.29, 1.82) is 0 Å². The van der Waals surface area contributed by atoms with E-state index in [4.69, 9.17) is 15.6 Å². The van der Waals surface area contributed by atoms with Crippen LogP contribution in [0.25, 0.3) is 0 Å². The fourth-order valence-electron chi connectivity index (χ4n) is 4.41. The highest BCUT2D eigenvalue weighted by Crippen LogP contribution is 2.30. The van der Waals surface area contributed by atoms with Gasteiger partial charge in [0.15, 0.2) is 12.5 Å². The number of nitrogens with zero attached hydrogens (tertiary/aromatic N) is 3. The van der Waals surface area contributed by atoms with Crippen LogP contribution in [0.3, 0.4) is 0 Å². The molecular formula is C26H44N4O7. The molecule has 2 heterocycles. The summed E-state index contributed by atoms with van der Waals surface area (Å²) >= 11 is 0. The molecule has 0 saturated carbocycles. The molecule has 1 aromatic rings. The lowest BCUT2D eigenvalue weighted by atomic mass is 10.1. The Morgan fingerprint density at radius 2 is 1.54 bits per heavy atom. The average Bonchev–Trinajstić information content (AvgIpc) is 3.15. The van der Waals surface area contributed by atoms with Crippen LogP contribution in [0.5, 0.6) is 0 Å². The highest BCUT2D eigenvalue weighted by molar-refractivity contribution is 5.66. The van der Waals surface area contributed by atoms with E-state index in [1.54, 1.807) is 0 Å². The molecule has 0 amide bonds. The van der Waals surface area contributed by atoms with Crippen molar-refractivity contribution >= 4 is 11.8 Å². The topological polar surface area (TPSA) is 171 Å². The molecule has 0 radical (unpaired) electrons. The molecule has 210 valence electrons. The zero-order valence-electron chi connectivity index (χ0n) is 21.7. The van der Waals surface area contributed by atoms with E-state index >= 15 is 0 Å². The van der Waals surface area contributed by atoms with Gasteiger partial charge in [0, 0.05) is 19.2 Å². The maximum atomic E-state index is 12.0. The van der Waals surface area contributed by atoms with Gasteiger partial charge in [0.25, 0.3) is 0 Å². The van der Waals surface area contributed by atoms with Crippen molar-refractivity contribution in [1.82, 2.24) is 14.6 Å². The number of nitrogen functional groups attached to an aromatic ring is 1. The number of aliphatic hydroxyl groups is 2. The summed E-state index contributed by atoms with van der Waals surface area (Å²) in [7, 11) is 0. The minimum absolute atomic E-state index is 0.0424. The molecule has 0 aliphatic carbocycles. The number of anilines is 1. The Balaban J connectivity index is 1.48. The molecule has 6 N–H and O–H groups in total. The number of carboxylic acids is 1. The van der Waals surface area contributed by atoms with Crippen LogP contribution >= 0.6 is 0 Å². The number of allylic oxidation sites excluding steroid dienone is 2. The van der Waals surface area contributed by atoms with Gasteiger partial charge in [0.1, 0.15) is 18.0 Å². The van der Waals surface area contributed by atoms with E-state index in [1.165, 1.54) is 12.3 Å². The third kappa shape index (κ3) is 11.3. The fraction of sp³-hybridized carbons (Fsp3) is 0.731. The van der Waals surface area contributed by atoms with Gasteiger partial charge in [-0.3, -0.25) is 9.36 Å². The molecule has 1 aliphatic heterocycles. The maximum Gasteiger partial charge on any atom is 0.351 e. The molecule has 11 heteroatoms. The van der Waals surface area contributed by atoms with E-state index in [-0.39, 0.29) is 18.8 Å². The largest absolute Gasteiger partial charge is 0.481 e. The van der Waals surface area contributed by atoms with E-state index in [0.29, 0.717) is 6.42 Å². The van der Waals surface area contributed by atoms with Crippen LogP contribution in [-0.2, 0) is 9.53 Å². The Bertz CT molecular complexity index is 879. The van der Waals surface area contributed by atoms with E-state index in [9.17, 15) is 25.0 Å². The van der Waals surface area contributed by atoms with Crippen molar-refractivity contribution in [2.45, 2.75) is 115 Å². The third-order valence-electron chi connectivity index (χ3n) is 6.57. The number of hydroxylamine groups is 2. The van der Waals surface area contributed by atoms with Crippen LogP contribution in [0.4, 0.5) is 5.82 Å². The van der Waals surface area contributed by atoms with Gasteiger partial charge in [-0.05, 0) is 44.6 Å². The van der Waals surface area contributed by atoms with Gasteiger partial charge in [-0.2, -0.15) is 10.0 Å². The summed E-state index contributed by atoms with van der Waals surface area (Å²) in [5.74, 6) is -0.666. The number of unbranched alkanes of at least 4 members (excludes halogenated alkanes) is 11. The van der Waals surface area contributed by atoms with Gasteiger partial charge in [0.2, 0.25) is 0 Å². The minimum Gasteiger partial charge on any atom is -0.481 e. The van der Waals surface area contributed by atoms with Gasteiger partial charge >= 0.3 is 11.7 Å². The van der Waals surface area contributed by atoms with Crippen molar-refractivity contribution < 1.29 is 30.1 Å². The van der Waals surface area contributed by atoms with Crippen LogP contribution in [0.15, 0.2) is 29.2 Å². The fourth-order valence-corrected chi connectivity index (χ4v) is 4.41. The molecule has 0 bridgehead atoms. The summed E-state index contributed by atoms with van der Waals surface area (Å²) in [5.41, 5.74) is 4.77. The number of aromatic nitrogens is 2. The molecule has 0 spiro atoms. The lowest BCUT2D eigenvalue weighted by Gasteiger charge is -2.24. The quantitative estimate of drug-likeness (QED) is 0.103. The predicted octanol–water partition coefficient (Wildman–Crippen LogP) is 3.20. The van der Waals surface area contributed by atoms with Gasteiger partial charge in [-0.1, -0.05) is 57.1 Å². The number of aliphatic hydroxyl groups excluding tert-OH is 2. The van der Waals surface area contributed by atoms with Gasteiger partial charge < -0.3 is 31.0 Å². The smallest absolute Gasteiger partial charge is 0.351 e. The van der Waals surface area contributed by atoms with Crippen LogP contribution in [-0.4, -0.2) is 66.1 Å². The second-order valence-electron chi connectivity index (χ2n) is 9.69. The zero-order chi connectivity index (χ0) is 27.0. The van der Waals surface area contributed by atoms with Gasteiger partial charge in [0.05, 0.1) is 0 Å². The Morgan fingerprint density at radius 1 is 0.973 bits per heavy atom. The van der Waals surface area contributed by atoms with Crippen LogP contribution in [0, 0.1) is 0 Å². The Kier molecular flexibility index (Phi) is 14.4. The lowest BCUT2D eigenvalue weighted by molar-refractivity contribution is -0.235. The van der Waals surface area contributed by atoms with Crippen LogP contribution in [0.1, 0.15) is 96.1 Å². The average molecular weight is 525 g/mol. The van der Waals surface area contributed by atoms with Gasteiger partial charge in [-0.25, -0.2) is 4.79 Å². The van der Waals surface area contributed by atoms with Crippen molar-refractivity contribution in [3.63, 3.8) is 0 Å². The standard InChI is InChI=1S/C26H44N4O7/c27-20-17-19-29(26(35)28-20)24-22(33)23(34)25(37-24)30(36)18-15-13-11-9-7-5-3-1-2-4-6-8-10-12-14-16-21(31)32/h1-2,17,19,22-25,33-34,36H,3-16,18H2,(H,31,32)(H2,27,28,35)/t22-,23+,24-,25+/m1/s1. The number of hydrogen-bond donors (Lipinski definition) is 5. The molecule has 0 unspecified atom stereocenters. The predicted molar refractivity (Wildman–Crippen MR) is 139 cm³/mol. The molecule has 1 aliphatic rings. The Morgan fingerprint density at radius 3 is 2.14 bits per heavy atom. The summed E-state index contributed by atoms with van der Waals surface area (Å²) in [4.78, 5) is 26.1. The van der Waals surface area contributed by atoms with Crippen LogP contribution < -0.4 is 11.4 Å². The number of aliphatic carboxylic acids is 1. The first kappa shape index (κ1) is 30.9. The monoisotopic (exact) mass is 524 g/mol. The molecule has 37 heavy (non-hydrogen) atoms. The summed E-state index contributed by atoms with van der Waals surface area (Å²) in [6, 6.07) is 1.39. The highest BCUT2D eigenvalue weighted by Gasteiger charge is 2.46. The molecule has 4 atom stereocenters. The first-order chi connectivity index (χ1) is 17.8. The molecule has 0 aromatic carbocycles. The second kappa shape index (κ2) is 17.2. The number of nitrogens with two attached hydrogens (primary N) is 1. The highest BCUT2D eigenvalue weighted by atomic mass is 16.6. The summed E-state index contributed by atoms with van der Waals surface area (Å²) in [5, 5.41) is 40.4. The summed E-state index contributed by atoms with van der Waals surface area (Å²) in [6.07, 6.45) is 14.5. The van der Waals surface area contributed by atoms with Crippen LogP contribution in [0.2, 0.25) is 0 Å². The number of ether oxygens (including phenoxy) is 1. The number of hydrogen-bond acceptors (Lipinski definition) is 9. The number of carboxylic acid groups (broad SMARTS) is 1. The molecule has 1 aromatic heterocycles. The third-order valence-corrected chi connectivity index (χ3v) is 6.57. The molecule has 1 saturated heterocycles. The van der Waals surface area contributed by atoms with Crippen molar-refractivity contribution in [3.05, 3.63) is 34.9 Å². The normalized spacial score (nSPS) is 21.8. The molecule has 1 fully saturated rings. The van der Waals surface area contributed by atoms with Gasteiger partial charge in [-0.15, -0.1) is 0 Å². The maximum absolute atomic E-state index is 12.0. The zero-order valence-corrected chi connectivity index (χ0v) is 21.7. The SMILES string of the molecule is Nc1ccn([C@@H]2O[C@H](N(O)CCCCCCCCC=CCCCCCCCC(=O)O)[C@@H](O)[C@H]2O)c(=O)n1. The van der Waals surface area contributed by atoms with E-state index in [2.05, 4.69) is 17.1 Å². The van der Waals surface area contributed by atoms with Crippen molar-refractivity contribution in [2.75, 3.05) is 12.3 Å². The number of carbonyl (C=O) groups is 1. The first-order valence-electron chi connectivity index (χ1n) is 13.5. The van der Waals surface area contributed by atoms with E-state index in [1.807, 2.05) is 0 Å². The molecular weight excluding hydrogens is 480 g/mol. The van der Waals surface area contributed by atoms with Crippen molar-refractivity contribution in [3.8, 4) is 0 Å². The molecule has 2 rings (SSSR count). The first-order valence-corrected chi connectivity index (χ1v) is 13.5. The second-order valence-corrected chi connectivity index (χ2v) is 9.69. The van der Waals surface area contributed by atoms with Crippen molar-refractivity contribution in [2.24, 2.45) is 0 Å². The Hall–Kier alpha value is -2.31. The summed E-state index contributed by atoms with van der Waals surface area (Å²) < 4.78 is 6.62. The number of rotatable bonds is 19. The Labute approximate surface area is 218 Å². The summed E-state index contributed by atoms with van der Waals surface area (Å²) in [6.45, 7) is 0.276. The van der Waals surface area contributed by atoms with E-state index < -0.39 is 36.3 Å². The lowest BCUT2D eigenvalue weighted by Crippen LogP contribution is -2.42.